The number of aryl methyl sites for hydroxylation is 2. The predicted octanol–water partition coefficient (Wildman–Crippen LogP) is 4.06. The van der Waals surface area contributed by atoms with Crippen molar-refractivity contribution in [2.75, 3.05) is 10.6 Å². The monoisotopic (exact) mass is 300 g/mol. The van der Waals surface area contributed by atoms with Crippen molar-refractivity contribution in [1.29, 1.82) is 0 Å². The Morgan fingerprint density at radius 2 is 1.86 bits per heavy atom. The summed E-state index contributed by atoms with van der Waals surface area (Å²) >= 11 is 6.27. The molecule has 4 heteroatoms. The fourth-order valence-electron chi connectivity index (χ4n) is 2.75. The third-order valence-corrected chi connectivity index (χ3v) is 3.90. The number of halogens is 1. The number of rotatable bonds is 3. The molecule has 1 amide bonds. The summed E-state index contributed by atoms with van der Waals surface area (Å²) in [5.74, 6) is 0.0209. The highest BCUT2D eigenvalue weighted by atomic mass is 35.5. The minimum atomic E-state index is 0.0209. The second kappa shape index (κ2) is 5.41. The van der Waals surface area contributed by atoms with Crippen molar-refractivity contribution in [3.63, 3.8) is 0 Å². The zero-order valence-corrected chi connectivity index (χ0v) is 12.8. The summed E-state index contributed by atoms with van der Waals surface area (Å²) in [7, 11) is 0. The van der Waals surface area contributed by atoms with Gasteiger partial charge in [-0.2, -0.15) is 0 Å². The quantitative estimate of drug-likeness (QED) is 0.897. The molecular weight excluding hydrogens is 284 g/mol. The minimum absolute atomic E-state index is 0.0209. The van der Waals surface area contributed by atoms with Gasteiger partial charge in [-0.1, -0.05) is 40.9 Å². The molecule has 1 aliphatic heterocycles. The number of carbonyl (C=O) groups is 1. The molecule has 0 aliphatic carbocycles. The maximum Gasteiger partial charge on any atom is 0.228 e. The van der Waals surface area contributed by atoms with E-state index in [9.17, 15) is 4.79 Å². The third kappa shape index (κ3) is 3.03. The predicted molar refractivity (Wildman–Crippen MR) is 87.0 cm³/mol. The summed E-state index contributed by atoms with van der Waals surface area (Å²) in [6.45, 7) is 4.90. The summed E-state index contributed by atoms with van der Waals surface area (Å²) in [5.41, 5.74) is 6.40. The van der Waals surface area contributed by atoms with E-state index in [1.54, 1.807) is 0 Å². The number of hydrogen-bond donors (Lipinski definition) is 2. The van der Waals surface area contributed by atoms with E-state index in [0.717, 1.165) is 16.9 Å². The Bertz CT molecular complexity index is 705. The van der Waals surface area contributed by atoms with E-state index in [4.69, 9.17) is 11.6 Å². The number of hydrogen-bond acceptors (Lipinski definition) is 2. The Kier molecular flexibility index (Phi) is 3.60. The van der Waals surface area contributed by atoms with E-state index in [-0.39, 0.29) is 5.91 Å². The van der Waals surface area contributed by atoms with E-state index < -0.39 is 0 Å². The average Bonchev–Trinajstić information content (AvgIpc) is 2.74. The fraction of sp³-hybridized carbons (Fsp3) is 0.235. The zero-order valence-electron chi connectivity index (χ0n) is 12.1. The van der Waals surface area contributed by atoms with E-state index in [2.05, 4.69) is 42.7 Å². The van der Waals surface area contributed by atoms with Crippen LogP contribution < -0.4 is 10.6 Å². The molecule has 0 radical (unpaired) electrons. The molecule has 0 bridgehead atoms. The Balaban J connectivity index is 1.79. The lowest BCUT2D eigenvalue weighted by molar-refractivity contribution is -0.115. The zero-order chi connectivity index (χ0) is 15.0. The van der Waals surface area contributed by atoms with Crippen LogP contribution in [0.5, 0.6) is 0 Å². The average molecular weight is 301 g/mol. The van der Waals surface area contributed by atoms with Crippen LogP contribution in [0.3, 0.4) is 0 Å². The topological polar surface area (TPSA) is 41.1 Å². The maximum absolute atomic E-state index is 11.4. The fourth-order valence-corrected chi connectivity index (χ4v) is 2.98. The van der Waals surface area contributed by atoms with Gasteiger partial charge in [-0.15, -0.1) is 0 Å². The molecule has 0 saturated carbocycles. The number of amides is 1. The number of benzene rings is 2. The molecule has 21 heavy (non-hydrogen) atoms. The molecule has 3 rings (SSSR count). The van der Waals surface area contributed by atoms with Crippen LogP contribution in [0, 0.1) is 13.8 Å². The molecule has 2 N–H and O–H groups in total. The van der Waals surface area contributed by atoms with Crippen molar-refractivity contribution in [3.05, 3.63) is 57.6 Å². The first kappa shape index (κ1) is 14.0. The Morgan fingerprint density at radius 1 is 1.14 bits per heavy atom. The second-order valence-electron chi connectivity index (χ2n) is 5.56. The SMILES string of the molecule is Cc1cc(C)cc(CNc2cc3c(cc2Cl)NC(=O)C3)c1. The molecule has 3 nitrogen and oxygen atoms in total. The summed E-state index contributed by atoms with van der Waals surface area (Å²) in [6.07, 6.45) is 0.421. The molecule has 0 aromatic heterocycles. The first-order valence-corrected chi connectivity index (χ1v) is 7.32. The molecule has 1 aliphatic rings. The van der Waals surface area contributed by atoms with Crippen LogP contribution in [0.1, 0.15) is 22.3 Å². The lowest BCUT2D eigenvalue weighted by atomic mass is 10.1. The smallest absolute Gasteiger partial charge is 0.228 e. The maximum atomic E-state index is 11.4. The lowest BCUT2D eigenvalue weighted by Gasteiger charge is -2.11. The Labute approximate surface area is 129 Å². The van der Waals surface area contributed by atoms with Crippen LogP contribution in [0.2, 0.25) is 5.02 Å². The van der Waals surface area contributed by atoms with Crippen LogP contribution in [0.15, 0.2) is 30.3 Å². The van der Waals surface area contributed by atoms with Gasteiger partial charge < -0.3 is 10.6 Å². The summed E-state index contributed by atoms with van der Waals surface area (Å²) in [4.78, 5) is 11.4. The molecule has 0 spiro atoms. The van der Waals surface area contributed by atoms with E-state index in [0.29, 0.717) is 18.0 Å². The van der Waals surface area contributed by atoms with Crippen LogP contribution >= 0.6 is 11.6 Å². The molecule has 0 saturated heterocycles. The Morgan fingerprint density at radius 3 is 2.57 bits per heavy atom. The van der Waals surface area contributed by atoms with Gasteiger partial charge in [0, 0.05) is 12.2 Å². The van der Waals surface area contributed by atoms with Crippen molar-refractivity contribution in [1.82, 2.24) is 0 Å². The Hall–Kier alpha value is -2.00. The van der Waals surface area contributed by atoms with Gasteiger partial charge in [-0.05, 0) is 37.1 Å². The normalized spacial score (nSPS) is 13.0. The number of carbonyl (C=O) groups excluding carboxylic acids is 1. The van der Waals surface area contributed by atoms with Gasteiger partial charge in [0.05, 0.1) is 17.1 Å². The van der Waals surface area contributed by atoms with Crippen molar-refractivity contribution >= 4 is 28.9 Å². The van der Waals surface area contributed by atoms with Gasteiger partial charge in [0.2, 0.25) is 5.91 Å². The number of anilines is 2. The highest BCUT2D eigenvalue weighted by Crippen LogP contribution is 2.33. The molecule has 1 heterocycles. The number of nitrogens with one attached hydrogen (secondary N) is 2. The van der Waals surface area contributed by atoms with Crippen molar-refractivity contribution in [2.24, 2.45) is 0 Å². The van der Waals surface area contributed by atoms with Crippen molar-refractivity contribution in [2.45, 2.75) is 26.8 Å². The minimum Gasteiger partial charge on any atom is -0.380 e. The third-order valence-electron chi connectivity index (χ3n) is 3.58. The van der Waals surface area contributed by atoms with Crippen LogP contribution in [-0.4, -0.2) is 5.91 Å². The van der Waals surface area contributed by atoms with Crippen LogP contribution in [0.4, 0.5) is 11.4 Å². The molecular formula is C17H17ClN2O. The lowest BCUT2D eigenvalue weighted by Crippen LogP contribution is -2.03. The van der Waals surface area contributed by atoms with Crippen LogP contribution in [0.25, 0.3) is 0 Å². The second-order valence-corrected chi connectivity index (χ2v) is 5.97. The van der Waals surface area contributed by atoms with Gasteiger partial charge in [-0.25, -0.2) is 0 Å². The van der Waals surface area contributed by atoms with Gasteiger partial charge in [-0.3, -0.25) is 4.79 Å². The number of fused-ring (bicyclic) bond motifs is 1. The van der Waals surface area contributed by atoms with Gasteiger partial charge in [0.15, 0.2) is 0 Å². The first-order valence-electron chi connectivity index (χ1n) is 6.94. The summed E-state index contributed by atoms with van der Waals surface area (Å²) < 4.78 is 0. The largest absolute Gasteiger partial charge is 0.380 e. The highest BCUT2D eigenvalue weighted by molar-refractivity contribution is 6.33. The standard InChI is InChI=1S/C17H17ClN2O/c1-10-3-11(2)5-12(4-10)9-19-16-6-13-7-17(21)20-15(13)8-14(16)18/h3-6,8,19H,7,9H2,1-2H3,(H,20,21). The van der Waals surface area contributed by atoms with Gasteiger partial charge in [0.1, 0.15) is 0 Å². The van der Waals surface area contributed by atoms with Gasteiger partial charge >= 0.3 is 0 Å². The molecule has 2 aromatic carbocycles. The van der Waals surface area contributed by atoms with E-state index in [1.165, 1.54) is 16.7 Å². The molecule has 108 valence electrons. The summed E-state index contributed by atoms with van der Waals surface area (Å²) in [5, 5.41) is 6.79. The van der Waals surface area contributed by atoms with Crippen molar-refractivity contribution < 1.29 is 4.79 Å². The molecule has 0 atom stereocenters. The van der Waals surface area contributed by atoms with Gasteiger partial charge in [0.25, 0.3) is 0 Å². The molecule has 0 fully saturated rings. The molecule has 0 unspecified atom stereocenters. The van der Waals surface area contributed by atoms with E-state index in [1.807, 2.05) is 12.1 Å². The van der Waals surface area contributed by atoms with Crippen LogP contribution in [-0.2, 0) is 17.8 Å². The molecule has 2 aromatic rings. The first-order chi connectivity index (χ1) is 10.0. The summed E-state index contributed by atoms with van der Waals surface area (Å²) in [6, 6.07) is 10.2. The van der Waals surface area contributed by atoms with Crippen molar-refractivity contribution in [3.8, 4) is 0 Å². The van der Waals surface area contributed by atoms with E-state index >= 15 is 0 Å². The highest BCUT2D eigenvalue weighted by Gasteiger charge is 2.19.